The predicted octanol–water partition coefficient (Wildman–Crippen LogP) is 4.01. The van der Waals surface area contributed by atoms with Gasteiger partial charge < -0.3 is 10.1 Å². The van der Waals surface area contributed by atoms with E-state index in [2.05, 4.69) is 32.1 Å². The molecule has 0 saturated carbocycles. The van der Waals surface area contributed by atoms with Crippen LogP contribution in [0, 0.1) is 0 Å². The first-order chi connectivity index (χ1) is 15.7. The van der Waals surface area contributed by atoms with Crippen LogP contribution in [0.5, 0.6) is 5.75 Å². The number of benzene rings is 1. The van der Waals surface area contributed by atoms with Crippen LogP contribution in [0.1, 0.15) is 25.5 Å². The molecule has 1 aliphatic rings. The molecule has 0 radical (unpaired) electrons. The zero-order valence-corrected chi connectivity index (χ0v) is 18.0. The molecule has 7 heteroatoms. The summed E-state index contributed by atoms with van der Waals surface area (Å²) in [4.78, 5) is 20.1. The zero-order valence-electron chi connectivity index (χ0n) is 18.0. The average molecular weight is 428 g/mol. The number of amides is 1. The highest BCUT2D eigenvalue weighted by molar-refractivity contribution is 5.99. The highest BCUT2D eigenvalue weighted by Crippen LogP contribution is 2.40. The molecular formula is C25H25N5O2. The molecule has 0 spiro atoms. The number of pyridine rings is 2. The van der Waals surface area contributed by atoms with Gasteiger partial charge in [-0.05, 0) is 55.2 Å². The molecule has 1 aliphatic heterocycles. The molecule has 32 heavy (non-hydrogen) atoms. The quantitative estimate of drug-likeness (QED) is 0.451. The average Bonchev–Trinajstić information content (AvgIpc) is 3.40. The molecule has 1 amide bonds. The van der Waals surface area contributed by atoms with Gasteiger partial charge in [-0.15, -0.1) is 0 Å². The summed E-state index contributed by atoms with van der Waals surface area (Å²) in [7, 11) is 0. The zero-order chi connectivity index (χ0) is 21.9. The lowest BCUT2D eigenvalue weighted by atomic mass is 9.96. The Balaban J connectivity index is 1.49. The van der Waals surface area contributed by atoms with Crippen molar-refractivity contribution in [2.45, 2.75) is 32.7 Å². The van der Waals surface area contributed by atoms with Gasteiger partial charge >= 0.3 is 0 Å². The fourth-order valence-electron chi connectivity index (χ4n) is 4.26. The summed E-state index contributed by atoms with van der Waals surface area (Å²) in [5, 5.41) is 8.76. The second-order valence-corrected chi connectivity index (χ2v) is 7.93. The molecule has 162 valence electrons. The minimum Gasteiger partial charge on any atom is -0.493 e. The number of fused-ring (bicyclic) bond motifs is 2. The van der Waals surface area contributed by atoms with E-state index in [1.165, 1.54) is 12.6 Å². The maximum absolute atomic E-state index is 11.0. The first kappa shape index (κ1) is 20.2. The Kier molecular flexibility index (Phi) is 5.54. The number of nitrogens with zero attached hydrogens (tertiary/aromatic N) is 4. The van der Waals surface area contributed by atoms with Gasteiger partial charge in [-0.3, -0.25) is 19.4 Å². The number of hydrogen-bond donors (Lipinski definition) is 1. The Hall–Kier alpha value is -3.74. The van der Waals surface area contributed by atoms with E-state index in [1.807, 2.05) is 42.7 Å². The molecule has 0 unspecified atom stereocenters. The Morgan fingerprint density at radius 2 is 2.09 bits per heavy atom. The molecule has 7 nitrogen and oxygen atoms in total. The van der Waals surface area contributed by atoms with Crippen LogP contribution in [0.4, 0.5) is 0 Å². The number of rotatable bonds is 7. The van der Waals surface area contributed by atoms with Crippen LogP contribution >= 0.6 is 0 Å². The van der Waals surface area contributed by atoms with E-state index in [1.54, 1.807) is 0 Å². The molecular weight excluding hydrogens is 402 g/mol. The lowest BCUT2D eigenvalue weighted by Crippen LogP contribution is -2.22. The maximum atomic E-state index is 11.0. The van der Waals surface area contributed by atoms with E-state index in [0.717, 1.165) is 65.0 Å². The van der Waals surface area contributed by atoms with Crippen molar-refractivity contribution in [3.05, 3.63) is 60.6 Å². The smallest absolute Gasteiger partial charge is 0.216 e. The van der Waals surface area contributed by atoms with Crippen molar-refractivity contribution in [1.29, 1.82) is 0 Å². The third-order valence-corrected chi connectivity index (χ3v) is 5.70. The van der Waals surface area contributed by atoms with Gasteiger partial charge in [0.05, 0.1) is 17.8 Å². The summed E-state index contributed by atoms with van der Waals surface area (Å²) >= 11 is 0. The van der Waals surface area contributed by atoms with Gasteiger partial charge in [0.25, 0.3) is 0 Å². The van der Waals surface area contributed by atoms with E-state index >= 15 is 0 Å². The number of nitrogens with one attached hydrogen (secondary N) is 1. The van der Waals surface area contributed by atoms with Gasteiger partial charge in [-0.2, -0.15) is 5.10 Å². The second-order valence-electron chi connectivity index (χ2n) is 7.93. The van der Waals surface area contributed by atoms with E-state index in [4.69, 9.17) is 9.84 Å². The Morgan fingerprint density at radius 1 is 1.16 bits per heavy atom. The van der Waals surface area contributed by atoms with Crippen molar-refractivity contribution in [2.24, 2.45) is 0 Å². The molecule has 0 bridgehead atoms. The van der Waals surface area contributed by atoms with Crippen molar-refractivity contribution >= 4 is 16.8 Å². The molecule has 3 aromatic heterocycles. The summed E-state index contributed by atoms with van der Waals surface area (Å²) in [6.45, 7) is 3.60. The monoisotopic (exact) mass is 427 g/mol. The standard InChI is InChI=1S/C25H25N5O2/c1-17(31)26-12-5-15-32-18-8-9-19-20(10-13-28-22(19)16-18)24-23-7-4-14-30(23)29-25(24)21-6-2-3-11-27-21/h2-3,6,8-11,13,16H,4-5,7,12,14-15H2,1H3,(H,26,31). The fourth-order valence-corrected chi connectivity index (χ4v) is 4.26. The Bertz CT molecular complexity index is 1270. The van der Waals surface area contributed by atoms with Gasteiger partial charge in [0.15, 0.2) is 0 Å². The van der Waals surface area contributed by atoms with Crippen LogP contribution < -0.4 is 10.1 Å². The number of aromatic nitrogens is 4. The Morgan fingerprint density at radius 3 is 2.94 bits per heavy atom. The van der Waals surface area contributed by atoms with Crippen molar-refractivity contribution in [3.63, 3.8) is 0 Å². The highest BCUT2D eigenvalue weighted by Gasteiger charge is 2.25. The normalized spacial score (nSPS) is 12.7. The van der Waals surface area contributed by atoms with Crippen LogP contribution in [0.15, 0.2) is 54.9 Å². The van der Waals surface area contributed by atoms with Crippen molar-refractivity contribution in [2.75, 3.05) is 13.2 Å². The lowest BCUT2D eigenvalue weighted by molar-refractivity contribution is -0.118. The first-order valence-corrected chi connectivity index (χ1v) is 11.0. The minimum atomic E-state index is -0.0239. The van der Waals surface area contributed by atoms with Gasteiger partial charge in [-0.1, -0.05) is 6.07 Å². The number of hydrogen-bond acceptors (Lipinski definition) is 5. The fraction of sp³-hybridized carbons (Fsp3) is 0.280. The first-order valence-electron chi connectivity index (χ1n) is 11.0. The van der Waals surface area contributed by atoms with Crippen LogP contribution in [-0.2, 0) is 17.8 Å². The molecule has 0 aliphatic carbocycles. The minimum absolute atomic E-state index is 0.0239. The van der Waals surface area contributed by atoms with Crippen LogP contribution in [0.25, 0.3) is 33.4 Å². The largest absolute Gasteiger partial charge is 0.493 e. The Labute approximate surface area is 186 Å². The van der Waals surface area contributed by atoms with E-state index in [9.17, 15) is 4.79 Å². The van der Waals surface area contributed by atoms with Crippen LogP contribution in [0.2, 0.25) is 0 Å². The predicted molar refractivity (Wildman–Crippen MR) is 123 cm³/mol. The SMILES string of the molecule is CC(=O)NCCCOc1ccc2c(-c3c(-c4ccccn4)nn4c3CCC4)ccnc2c1. The summed E-state index contributed by atoms with van der Waals surface area (Å²) < 4.78 is 8.00. The van der Waals surface area contributed by atoms with E-state index < -0.39 is 0 Å². The number of carbonyl (C=O) groups excluding carboxylic acids is 1. The van der Waals surface area contributed by atoms with Gasteiger partial charge in [0.2, 0.25) is 5.91 Å². The topological polar surface area (TPSA) is 81.9 Å². The van der Waals surface area contributed by atoms with Crippen molar-refractivity contribution in [1.82, 2.24) is 25.1 Å². The third-order valence-electron chi connectivity index (χ3n) is 5.70. The number of ether oxygens (including phenoxy) is 1. The lowest BCUT2D eigenvalue weighted by Gasteiger charge is -2.11. The van der Waals surface area contributed by atoms with Gasteiger partial charge in [-0.25, -0.2) is 0 Å². The summed E-state index contributed by atoms with van der Waals surface area (Å²) in [5.74, 6) is 0.749. The summed E-state index contributed by atoms with van der Waals surface area (Å²) in [5.41, 5.74) is 6.22. The summed E-state index contributed by atoms with van der Waals surface area (Å²) in [6, 6.07) is 14.0. The van der Waals surface area contributed by atoms with Crippen LogP contribution in [-0.4, -0.2) is 38.8 Å². The molecule has 1 N–H and O–H groups in total. The molecule has 4 heterocycles. The summed E-state index contributed by atoms with van der Waals surface area (Å²) in [6.07, 6.45) is 6.52. The highest BCUT2D eigenvalue weighted by atomic mass is 16.5. The van der Waals surface area contributed by atoms with Crippen LogP contribution in [0.3, 0.4) is 0 Å². The molecule has 4 aromatic rings. The van der Waals surface area contributed by atoms with E-state index in [0.29, 0.717) is 13.2 Å². The second kappa shape index (κ2) is 8.78. The number of carbonyl (C=O) groups is 1. The van der Waals surface area contributed by atoms with Crippen molar-refractivity contribution in [3.8, 4) is 28.3 Å². The van der Waals surface area contributed by atoms with Crippen molar-refractivity contribution < 1.29 is 9.53 Å². The molecule has 5 rings (SSSR count). The molecule has 0 fully saturated rings. The number of aryl methyl sites for hydroxylation is 1. The molecule has 1 aromatic carbocycles. The third kappa shape index (κ3) is 3.93. The molecule has 0 atom stereocenters. The van der Waals surface area contributed by atoms with E-state index in [-0.39, 0.29) is 5.91 Å². The van der Waals surface area contributed by atoms with Gasteiger partial charge in [0.1, 0.15) is 11.4 Å². The maximum Gasteiger partial charge on any atom is 0.216 e. The van der Waals surface area contributed by atoms with Gasteiger partial charge in [0, 0.05) is 55.1 Å². The molecule has 0 saturated heterocycles.